The Bertz CT molecular complexity index is 424. The van der Waals surface area contributed by atoms with Crippen LogP contribution in [0.1, 0.15) is 26.7 Å². The van der Waals surface area contributed by atoms with Gasteiger partial charge in [-0.15, -0.1) is 0 Å². The van der Waals surface area contributed by atoms with Crippen molar-refractivity contribution in [2.75, 3.05) is 18.1 Å². The molecule has 1 fully saturated rings. The van der Waals surface area contributed by atoms with E-state index in [-0.39, 0.29) is 30.0 Å². The zero-order chi connectivity index (χ0) is 13.1. The van der Waals surface area contributed by atoms with E-state index in [0.717, 1.165) is 6.42 Å². The van der Waals surface area contributed by atoms with Gasteiger partial charge in [0.1, 0.15) is 5.92 Å². The van der Waals surface area contributed by atoms with Gasteiger partial charge in [0.25, 0.3) is 0 Å². The molecule has 2 atom stereocenters. The predicted molar refractivity (Wildman–Crippen MR) is 63.8 cm³/mol. The average molecular weight is 258 g/mol. The SMILES string of the molecule is CCCC(C#N)C(=O)N1CCS(=O)(=O)CC1C. The van der Waals surface area contributed by atoms with E-state index in [9.17, 15) is 13.2 Å². The first kappa shape index (κ1) is 14.0. The van der Waals surface area contributed by atoms with Gasteiger partial charge < -0.3 is 4.90 Å². The van der Waals surface area contributed by atoms with Crippen LogP contribution in [0.15, 0.2) is 0 Å². The molecule has 17 heavy (non-hydrogen) atoms. The largest absolute Gasteiger partial charge is 0.337 e. The molecular weight excluding hydrogens is 240 g/mol. The number of carbonyl (C=O) groups excluding carboxylic acids is 1. The summed E-state index contributed by atoms with van der Waals surface area (Å²) in [5.41, 5.74) is 0. The molecule has 1 saturated heterocycles. The number of carbonyl (C=O) groups is 1. The summed E-state index contributed by atoms with van der Waals surface area (Å²) in [7, 11) is -3.02. The molecule has 0 aliphatic carbocycles. The van der Waals surface area contributed by atoms with Gasteiger partial charge in [0.15, 0.2) is 9.84 Å². The molecule has 2 unspecified atom stereocenters. The second-order valence-corrected chi connectivity index (χ2v) is 6.69. The Morgan fingerprint density at radius 2 is 2.24 bits per heavy atom. The summed E-state index contributed by atoms with van der Waals surface area (Å²) in [6.45, 7) is 3.85. The van der Waals surface area contributed by atoms with Crippen molar-refractivity contribution in [3.8, 4) is 6.07 Å². The number of hydrogen-bond donors (Lipinski definition) is 0. The summed E-state index contributed by atoms with van der Waals surface area (Å²) < 4.78 is 22.8. The molecule has 0 saturated carbocycles. The first-order chi connectivity index (χ1) is 7.91. The standard InChI is InChI=1S/C11H18N2O3S/c1-3-4-10(7-12)11(14)13-5-6-17(15,16)8-9(13)2/h9-10H,3-6,8H2,1-2H3. The van der Waals surface area contributed by atoms with Crippen LogP contribution in [0.4, 0.5) is 0 Å². The molecule has 0 N–H and O–H groups in total. The highest BCUT2D eigenvalue weighted by Gasteiger charge is 2.34. The van der Waals surface area contributed by atoms with Crippen LogP contribution in [0.3, 0.4) is 0 Å². The van der Waals surface area contributed by atoms with Crippen molar-refractivity contribution < 1.29 is 13.2 Å². The highest BCUT2D eigenvalue weighted by Crippen LogP contribution is 2.17. The molecule has 1 heterocycles. The molecule has 0 aromatic heterocycles. The topological polar surface area (TPSA) is 78.2 Å². The van der Waals surface area contributed by atoms with Crippen LogP contribution in [0.5, 0.6) is 0 Å². The van der Waals surface area contributed by atoms with Crippen LogP contribution in [0, 0.1) is 17.2 Å². The molecular formula is C11H18N2O3S. The average Bonchev–Trinajstić information content (AvgIpc) is 2.23. The maximum atomic E-state index is 12.0. The first-order valence-corrected chi connectivity index (χ1v) is 7.64. The van der Waals surface area contributed by atoms with Crippen LogP contribution in [0.2, 0.25) is 0 Å². The Kier molecular flexibility index (Phi) is 4.52. The van der Waals surface area contributed by atoms with Crippen LogP contribution in [0.25, 0.3) is 0 Å². The van der Waals surface area contributed by atoms with Gasteiger partial charge in [0.05, 0.1) is 17.6 Å². The van der Waals surface area contributed by atoms with Crippen molar-refractivity contribution in [3.63, 3.8) is 0 Å². The number of nitriles is 1. The zero-order valence-corrected chi connectivity index (χ0v) is 11.0. The van der Waals surface area contributed by atoms with E-state index in [2.05, 4.69) is 0 Å². The Hall–Kier alpha value is -1.09. The summed E-state index contributed by atoms with van der Waals surface area (Å²) in [4.78, 5) is 13.6. The van der Waals surface area contributed by atoms with Crippen molar-refractivity contribution in [3.05, 3.63) is 0 Å². The minimum absolute atomic E-state index is 0.00299. The van der Waals surface area contributed by atoms with Crippen LogP contribution in [-0.2, 0) is 14.6 Å². The van der Waals surface area contributed by atoms with Gasteiger partial charge in [-0.3, -0.25) is 4.79 Å². The predicted octanol–water partition coefficient (Wildman–Crippen LogP) is 0.572. The summed E-state index contributed by atoms with van der Waals surface area (Å²) in [5.74, 6) is -0.851. The van der Waals surface area contributed by atoms with E-state index in [1.807, 2.05) is 13.0 Å². The lowest BCUT2D eigenvalue weighted by Gasteiger charge is -2.34. The lowest BCUT2D eigenvalue weighted by molar-refractivity contribution is -0.135. The zero-order valence-electron chi connectivity index (χ0n) is 10.2. The smallest absolute Gasteiger partial charge is 0.240 e. The molecule has 1 rings (SSSR count). The van der Waals surface area contributed by atoms with Crippen molar-refractivity contribution in [1.82, 2.24) is 4.90 Å². The molecule has 96 valence electrons. The lowest BCUT2D eigenvalue weighted by atomic mass is 10.0. The van der Waals surface area contributed by atoms with E-state index < -0.39 is 15.8 Å². The van der Waals surface area contributed by atoms with Gasteiger partial charge in [-0.05, 0) is 13.3 Å². The number of rotatable bonds is 3. The van der Waals surface area contributed by atoms with Crippen LogP contribution in [-0.4, -0.2) is 43.3 Å². The van der Waals surface area contributed by atoms with E-state index in [4.69, 9.17) is 5.26 Å². The monoisotopic (exact) mass is 258 g/mol. The molecule has 0 radical (unpaired) electrons. The maximum absolute atomic E-state index is 12.0. The maximum Gasteiger partial charge on any atom is 0.240 e. The molecule has 6 heteroatoms. The fraction of sp³-hybridized carbons (Fsp3) is 0.818. The van der Waals surface area contributed by atoms with E-state index in [0.29, 0.717) is 6.42 Å². The minimum Gasteiger partial charge on any atom is -0.337 e. The third kappa shape index (κ3) is 3.43. The molecule has 0 bridgehead atoms. The van der Waals surface area contributed by atoms with E-state index in [1.165, 1.54) is 4.90 Å². The van der Waals surface area contributed by atoms with Crippen LogP contribution < -0.4 is 0 Å². The van der Waals surface area contributed by atoms with E-state index in [1.54, 1.807) is 6.92 Å². The molecule has 0 aromatic rings. The quantitative estimate of drug-likeness (QED) is 0.741. The first-order valence-electron chi connectivity index (χ1n) is 5.81. The van der Waals surface area contributed by atoms with Gasteiger partial charge in [-0.25, -0.2) is 8.42 Å². The number of sulfone groups is 1. The van der Waals surface area contributed by atoms with Crippen LogP contribution >= 0.6 is 0 Å². The third-order valence-electron chi connectivity index (χ3n) is 2.98. The second-order valence-electron chi connectivity index (χ2n) is 4.47. The highest BCUT2D eigenvalue weighted by atomic mass is 32.2. The summed E-state index contributed by atoms with van der Waals surface area (Å²) in [6.07, 6.45) is 1.30. The molecule has 5 nitrogen and oxygen atoms in total. The Labute approximate surface area is 102 Å². The summed E-state index contributed by atoms with van der Waals surface area (Å²) in [6, 6.07) is 1.68. The molecule has 0 spiro atoms. The second kappa shape index (κ2) is 5.50. The summed E-state index contributed by atoms with van der Waals surface area (Å²) >= 11 is 0. The normalized spacial score (nSPS) is 25.0. The molecule has 1 aliphatic heterocycles. The fourth-order valence-corrected chi connectivity index (χ4v) is 3.61. The minimum atomic E-state index is -3.02. The van der Waals surface area contributed by atoms with Gasteiger partial charge in [-0.2, -0.15) is 5.26 Å². The van der Waals surface area contributed by atoms with Crippen molar-refractivity contribution in [2.45, 2.75) is 32.7 Å². The Morgan fingerprint density at radius 3 is 2.71 bits per heavy atom. The highest BCUT2D eigenvalue weighted by molar-refractivity contribution is 7.91. The van der Waals surface area contributed by atoms with Crippen molar-refractivity contribution in [2.24, 2.45) is 5.92 Å². The fourth-order valence-electron chi connectivity index (χ4n) is 2.06. The van der Waals surface area contributed by atoms with Gasteiger partial charge in [-0.1, -0.05) is 13.3 Å². The Balaban J connectivity index is 2.74. The Morgan fingerprint density at radius 1 is 1.59 bits per heavy atom. The van der Waals surface area contributed by atoms with E-state index >= 15 is 0 Å². The molecule has 1 amide bonds. The molecule has 1 aliphatic rings. The third-order valence-corrected chi connectivity index (χ3v) is 4.78. The lowest BCUT2D eigenvalue weighted by Crippen LogP contribution is -2.51. The summed E-state index contributed by atoms with van der Waals surface area (Å²) in [5, 5.41) is 8.93. The van der Waals surface area contributed by atoms with Crippen molar-refractivity contribution in [1.29, 1.82) is 5.26 Å². The number of amides is 1. The number of nitrogens with zero attached hydrogens (tertiary/aromatic N) is 2. The molecule has 0 aromatic carbocycles. The van der Waals surface area contributed by atoms with Gasteiger partial charge in [0.2, 0.25) is 5.91 Å². The van der Waals surface area contributed by atoms with Crippen molar-refractivity contribution >= 4 is 15.7 Å². The number of hydrogen-bond acceptors (Lipinski definition) is 4. The van der Waals surface area contributed by atoms with Gasteiger partial charge in [0, 0.05) is 12.6 Å². The van der Waals surface area contributed by atoms with Gasteiger partial charge >= 0.3 is 0 Å².